The van der Waals surface area contributed by atoms with Gasteiger partial charge in [-0.15, -0.1) is 0 Å². The van der Waals surface area contributed by atoms with Crippen LogP contribution in [0.1, 0.15) is 15.9 Å². The van der Waals surface area contributed by atoms with Gasteiger partial charge in [-0.2, -0.15) is 0 Å². The van der Waals surface area contributed by atoms with E-state index in [4.69, 9.17) is 0 Å². The van der Waals surface area contributed by atoms with E-state index in [-0.39, 0.29) is 11.5 Å². The summed E-state index contributed by atoms with van der Waals surface area (Å²) in [4.78, 5) is 12.1. The molecule has 2 aromatic carbocycles. The Hall–Kier alpha value is -1.13. The molecular formula is C13H8Br2O2. The highest BCUT2D eigenvalue weighted by molar-refractivity contribution is 9.11. The number of ketones is 1. The van der Waals surface area contributed by atoms with Crippen molar-refractivity contribution in [1.29, 1.82) is 0 Å². The maximum absolute atomic E-state index is 12.1. The fourth-order valence-corrected chi connectivity index (χ4v) is 2.64. The Labute approximate surface area is 116 Å². The van der Waals surface area contributed by atoms with Crippen LogP contribution in [0.25, 0.3) is 0 Å². The Morgan fingerprint density at radius 1 is 0.941 bits per heavy atom. The molecule has 0 saturated heterocycles. The van der Waals surface area contributed by atoms with Crippen LogP contribution < -0.4 is 0 Å². The molecule has 0 bridgehead atoms. The van der Waals surface area contributed by atoms with Crippen molar-refractivity contribution in [2.24, 2.45) is 0 Å². The molecule has 0 saturated carbocycles. The van der Waals surface area contributed by atoms with E-state index in [1.807, 2.05) is 18.2 Å². The van der Waals surface area contributed by atoms with Crippen LogP contribution in [0.15, 0.2) is 51.4 Å². The number of carbonyl (C=O) groups excluding carboxylic acids is 1. The summed E-state index contributed by atoms with van der Waals surface area (Å²) >= 11 is 6.41. The highest BCUT2D eigenvalue weighted by Gasteiger charge is 2.13. The third-order valence-corrected chi connectivity index (χ3v) is 3.52. The first-order chi connectivity index (χ1) is 8.09. The van der Waals surface area contributed by atoms with Crippen LogP contribution in [0.4, 0.5) is 0 Å². The molecule has 2 rings (SSSR count). The quantitative estimate of drug-likeness (QED) is 0.821. The van der Waals surface area contributed by atoms with Crippen LogP contribution in [0.5, 0.6) is 5.75 Å². The van der Waals surface area contributed by atoms with Gasteiger partial charge in [-0.25, -0.2) is 0 Å². The first-order valence-electron chi connectivity index (χ1n) is 4.87. The highest BCUT2D eigenvalue weighted by Crippen LogP contribution is 2.33. The molecule has 0 aliphatic heterocycles. The number of phenolic OH excluding ortho intramolecular Hbond substituents is 1. The number of phenols is 1. The van der Waals surface area contributed by atoms with Gasteiger partial charge in [0.1, 0.15) is 5.75 Å². The van der Waals surface area contributed by atoms with E-state index in [9.17, 15) is 9.90 Å². The van der Waals surface area contributed by atoms with Crippen LogP contribution in [0.2, 0.25) is 0 Å². The minimum Gasteiger partial charge on any atom is -0.506 e. The number of rotatable bonds is 2. The molecule has 0 aromatic heterocycles. The summed E-state index contributed by atoms with van der Waals surface area (Å²) in [7, 11) is 0. The van der Waals surface area contributed by atoms with Crippen LogP contribution in [0.3, 0.4) is 0 Å². The van der Waals surface area contributed by atoms with Gasteiger partial charge in [0.2, 0.25) is 0 Å². The summed E-state index contributed by atoms with van der Waals surface area (Å²) in [6.45, 7) is 0. The van der Waals surface area contributed by atoms with Crippen molar-refractivity contribution in [3.8, 4) is 5.75 Å². The molecular weight excluding hydrogens is 348 g/mol. The molecule has 0 spiro atoms. The Balaban J connectivity index is 2.45. The van der Waals surface area contributed by atoms with Gasteiger partial charge >= 0.3 is 0 Å². The van der Waals surface area contributed by atoms with Crippen molar-refractivity contribution in [2.45, 2.75) is 0 Å². The van der Waals surface area contributed by atoms with Gasteiger partial charge in [0.05, 0.1) is 8.95 Å². The van der Waals surface area contributed by atoms with Crippen molar-refractivity contribution in [3.63, 3.8) is 0 Å². The molecule has 2 aromatic rings. The minimum absolute atomic E-state index is 0.0769. The van der Waals surface area contributed by atoms with Gasteiger partial charge < -0.3 is 5.11 Å². The summed E-state index contributed by atoms with van der Waals surface area (Å²) in [6.07, 6.45) is 0. The fourth-order valence-electron chi connectivity index (χ4n) is 1.45. The zero-order valence-corrected chi connectivity index (χ0v) is 11.8. The van der Waals surface area contributed by atoms with Gasteiger partial charge in [-0.1, -0.05) is 30.3 Å². The molecule has 1 N–H and O–H groups in total. The standard InChI is InChI=1S/C13H8Br2O2/c14-10-6-9(7-11(15)13(10)17)12(16)8-4-2-1-3-5-8/h1-7,17H. The molecule has 0 aliphatic carbocycles. The third kappa shape index (κ3) is 2.58. The Morgan fingerprint density at radius 2 is 1.47 bits per heavy atom. The molecule has 2 nitrogen and oxygen atoms in total. The van der Waals surface area contributed by atoms with Gasteiger partial charge in [0.15, 0.2) is 5.78 Å². The molecule has 4 heteroatoms. The Kier molecular flexibility index (Phi) is 3.64. The number of hydrogen-bond acceptors (Lipinski definition) is 2. The Morgan fingerprint density at radius 3 is 2.00 bits per heavy atom. The summed E-state index contributed by atoms with van der Waals surface area (Å²) in [5, 5.41) is 9.58. The van der Waals surface area contributed by atoms with Crippen LogP contribution in [0, 0.1) is 0 Å². The predicted octanol–water partition coefficient (Wildman–Crippen LogP) is 4.15. The second kappa shape index (κ2) is 5.02. The van der Waals surface area contributed by atoms with Crippen molar-refractivity contribution >= 4 is 37.6 Å². The molecule has 0 atom stereocenters. The monoisotopic (exact) mass is 354 g/mol. The topological polar surface area (TPSA) is 37.3 Å². The van der Waals surface area contributed by atoms with Gasteiger partial charge in [-0.05, 0) is 44.0 Å². The summed E-state index contributed by atoms with van der Waals surface area (Å²) in [5.74, 6) is 0.0154. The van der Waals surface area contributed by atoms with E-state index in [2.05, 4.69) is 31.9 Å². The zero-order valence-electron chi connectivity index (χ0n) is 8.65. The van der Waals surface area contributed by atoms with E-state index in [1.54, 1.807) is 24.3 Å². The van der Waals surface area contributed by atoms with E-state index in [0.29, 0.717) is 20.1 Å². The maximum atomic E-state index is 12.1. The normalized spacial score (nSPS) is 10.2. The van der Waals surface area contributed by atoms with Gasteiger partial charge in [-0.3, -0.25) is 4.79 Å². The molecule has 0 fully saturated rings. The summed E-state index contributed by atoms with van der Waals surface area (Å²) < 4.78 is 0.984. The smallest absolute Gasteiger partial charge is 0.193 e. The SMILES string of the molecule is O=C(c1ccccc1)c1cc(Br)c(O)c(Br)c1. The number of hydrogen-bond donors (Lipinski definition) is 1. The average molecular weight is 356 g/mol. The Bertz CT molecular complexity index is 542. The molecule has 0 amide bonds. The van der Waals surface area contributed by atoms with E-state index in [0.717, 1.165) is 0 Å². The molecule has 86 valence electrons. The predicted molar refractivity (Wildman–Crippen MR) is 73.4 cm³/mol. The van der Waals surface area contributed by atoms with Gasteiger partial charge in [0.25, 0.3) is 0 Å². The largest absolute Gasteiger partial charge is 0.506 e. The number of benzene rings is 2. The molecule has 0 radical (unpaired) electrons. The van der Waals surface area contributed by atoms with Crippen molar-refractivity contribution in [2.75, 3.05) is 0 Å². The molecule has 0 heterocycles. The number of aromatic hydroxyl groups is 1. The number of carbonyl (C=O) groups is 1. The number of halogens is 2. The maximum Gasteiger partial charge on any atom is 0.193 e. The van der Waals surface area contributed by atoms with E-state index >= 15 is 0 Å². The molecule has 0 aliphatic rings. The fraction of sp³-hybridized carbons (Fsp3) is 0. The molecule has 0 unspecified atom stereocenters. The second-order valence-corrected chi connectivity index (χ2v) is 5.19. The van der Waals surface area contributed by atoms with Crippen LogP contribution in [-0.4, -0.2) is 10.9 Å². The average Bonchev–Trinajstić information content (AvgIpc) is 2.35. The van der Waals surface area contributed by atoms with Gasteiger partial charge in [0, 0.05) is 11.1 Å². The lowest BCUT2D eigenvalue weighted by molar-refractivity contribution is 0.103. The lowest BCUT2D eigenvalue weighted by Crippen LogP contribution is -2.01. The highest BCUT2D eigenvalue weighted by atomic mass is 79.9. The van der Waals surface area contributed by atoms with Crippen LogP contribution in [-0.2, 0) is 0 Å². The van der Waals surface area contributed by atoms with Crippen molar-refractivity contribution in [3.05, 3.63) is 62.5 Å². The first kappa shape index (κ1) is 12.3. The second-order valence-electron chi connectivity index (χ2n) is 3.48. The van der Waals surface area contributed by atoms with Crippen molar-refractivity contribution < 1.29 is 9.90 Å². The van der Waals surface area contributed by atoms with E-state index < -0.39 is 0 Å². The lowest BCUT2D eigenvalue weighted by atomic mass is 10.0. The third-order valence-electron chi connectivity index (χ3n) is 2.32. The van der Waals surface area contributed by atoms with Crippen LogP contribution >= 0.6 is 31.9 Å². The van der Waals surface area contributed by atoms with Crippen molar-refractivity contribution in [1.82, 2.24) is 0 Å². The van der Waals surface area contributed by atoms with E-state index in [1.165, 1.54) is 0 Å². The zero-order chi connectivity index (χ0) is 12.4. The molecule has 17 heavy (non-hydrogen) atoms. The minimum atomic E-state index is -0.0769. The summed E-state index contributed by atoms with van der Waals surface area (Å²) in [6, 6.07) is 12.2. The first-order valence-corrected chi connectivity index (χ1v) is 6.46. The summed E-state index contributed by atoms with van der Waals surface area (Å²) in [5.41, 5.74) is 1.14. The lowest BCUT2D eigenvalue weighted by Gasteiger charge is -2.05.